The van der Waals surface area contributed by atoms with Crippen LogP contribution >= 0.6 is 11.6 Å². The molecule has 3 N–H and O–H groups in total. The number of aliphatic hydroxyl groups excluding tert-OH is 1. The van der Waals surface area contributed by atoms with Crippen molar-refractivity contribution in [2.45, 2.75) is 30.8 Å². The number of halogens is 2. The maximum absolute atomic E-state index is 13.4. The summed E-state index contributed by atoms with van der Waals surface area (Å²) in [6, 6.07) is 5.59. The molecule has 4 atom stereocenters. The summed E-state index contributed by atoms with van der Waals surface area (Å²) in [5.41, 5.74) is 8.34. The van der Waals surface area contributed by atoms with E-state index in [1.165, 1.54) is 0 Å². The van der Waals surface area contributed by atoms with Gasteiger partial charge >= 0.3 is 0 Å². The Labute approximate surface area is 110 Å². The van der Waals surface area contributed by atoms with Gasteiger partial charge in [0.15, 0.2) is 0 Å². The van der Waals surface area contributed by atoms with Crippen molar-refractivity contribution in [3.8, 4) is 0 Å². The average molecular weight is 271 g/mol. The van der Waals surface area contributed by atoms with Crippen molar-refractivity contribution in [1.29, 1.82) is 0 Å². The van der Waals surface area contributed by atoms with Gasteiger partial charge in [-0.25, -0.2) is 4.39 Å². The van der Waals surface area contributed by atoms with Gasteiger partial charge in [-0.15, -0.1) is 0 Å². The lowest BCUT2D eigenvalue weighted by atomic mass is 10.1. The molecule has 0 saturated carbocycles. The number of nitrogens with two attached hydrogens (primary N) is 1. The minimum atomic E-state index is -1.17. The van der Waals surface area contributed by atoms with Crippen molar-refractivity contribution in [3.05, 3.63) is 34.3 Å². The molecule has 0 radical (unpaired) electrons. The van der Waals surface area contributed by atoms with Crippen LogP contribution in [-0.4, -0.2) is 41.4 Å². The molecule has 0 bridgehead atoms. The van der Waals surface area contributed by atoms with Crippen molar-refractivity contribution in [1.82, 2.24) is 4.90 Å². The van der Waals surface area contributed by atoms with Gasteiger partial charge in [-0.1, -0.05) is 23.7 Å². The summed E-state index contributed by atoms with van der Waals surface area (Å²) in [6.07, 6.45) is -1.29. The molecular weight excluding hydrogens is 255 g/mol. The largest absolute Gasteiger partial charge is 0.389 e. The van der Waals surface area contributed by atoms with E-state index in [0.29, 0.717) is 11.6 Å². The molecule has 1 unspecified atom stereocenters. The number of fused-ring (bicyclic) bond motifs is 1. The number of benzene rings is 1. The third kappa shape index (κ3) is 1.84. The number of alkyl halides is 1. The summed E-state index contributed by atoms with van der Waals surface area (Å²) in [5, 5.41) is 10.2. The molecule has 1 heterocycles. The Morgan fingerprint density at radius 1 is 1.39 bits per heavy atom. The highest BCUT2D eigenvalue weighted by molar-refractivity contribution is 6.31. The predicted molar refractivity (Wildman–Crippen MR) is 68.3 cm³/mol. The summed E-state index contributed by atoms with van der Waals surface area (Å²) in [5.74, 6) is 0. The quantitative estimate of drug-likeness (QED) is 0.808. The average Bonchev–Trinajstić information content (AvgIpc) is 2.82. The molecule has 0 amide bonds. The Morgan fingerprint density at radius 3 is 2.78 bits per heavy atom. The molecule has 1 aliphatic heterocycles. The van der Waals surface area contributed by atoms with Crippen LogP contribution in [-0.2, 0) is 6.42 Å². The van der Waals surface area contributed by atoms with Gasteiger partial charge < -0.3 is 10.8 Å². The molecular formula is C13H16ClFN2O. The lowest BCUT2D eigenvalue weighted by Gasteiger charge is -2.27. The highest BCUT2D eigenvalue weighted by atomic mass is 35.5. The maximum Gasteiger partial charge on any atom is 0.140 e. The minimum Gasteiger partial charge on any atom is -0.389 e. The van der Waals surface area contributed by atoms with Crippen molar-refractivity contribution in [2.24, 2.45) is 5.73 Å². The molecule has 1 fully saturated rings. The standard InChI is InChI=1S/C13H16ClFN2O/c14-8-3-1-2-7-4-10(13(16)12(7)8)17-5-9(15)11(18)6-17/h1-3,9-11,13,18H,4-6,16H2/t9-,10-,11?,13+/m1/s1. The van der Waals surface area contributed by atoms with Gasteiger partial charge in [0.25, 0.3) is 0 Å². The number of β-amino-alcohol motifs (C(OH)–C–C–N with tert-alkyl or cyclic N) is 1. The summed E-state index contributed by atoms with van der Waals surface area (Å²) in [7, 11) is 0. The van der Waals surface area contributed by atoms with E-state index in [4.69, 9.17) is 17.3 Å². The highest BCUT2D eigenvalue weighted by Gasteiger charge is 2.41. The molecule has 0 spiro atoms. The van der Waals surface area contributed by atoms with Crippen molar-refractivity contribution >= 4 is 11.6 Å². The Balaban J connectivity index is 1.85. The number of nitrogens with zero attached hydrogens (tertiary/aromatic N) is 1. The zero-order valence-corrected chi connectivity index (χ0v) is 10.6. The van der Waals surface area contributed by atoms with Gasteiger partial charge in [-0.3, -0.25) is 4.90 Å². The Hall–Kier alpha value is -0.680. The van der Waals surface area contributed by atoms with E-state index in [1.54, 1.807) is 0 Å². The fraction of sp³-hybridized carbons (Fsp3) is 0.538. The van der Waals surface area contributed by atoms with Crippen molar-refractivity contribution < 1.29 is 9.50 Å². The van der Waals surface area contributed by atoms with E-state index in [-0.39, 0.29) is 18.6 Å². The first-order chi connectivity index (χ1) is 8.58. The van der Waals surface area contributed by atoms with Crippen LogP contribution < -0.4 is 5.73 Å². The molecule has 1 aromatic carbocycles. The van der Waals surface area contributed by atoms with E-state index in [9.17, 15) is 9.50 Å². The molecule has 98 valence electrons. The van der Waals surface area contributed by atoms with E-state index in [1.807, 2.05) is 23.1 Å². The van der Waals surface area contributed by atoms with Crippen molar-refractivity contribution in [3.63, 3.8) is 0 Å². The van der Waals surface area contributed by atoms with Gasteiger partial charge in [-0.2, -0.15) is 0 Å². The molecule has 1 saturated heterocycles. The zero-order valence-electron chi connectivity index (χ0n) is 9.89. The lowest BCUT2D eigenvalue weighted by molar-refractivity contribution is 0.113. The smallest absolute Gasteiger partial charge is 0.140 e. The van der Waals surface area contributed by atoms with E-state index in [2.05, 4.69) is 0 Å². The van der Waals surface area contributed by atoms with Crippen LogP contribution in [0.2, 0.25) is 5.02 Å². The zero-order chi connectivity index (χ0) is 12.9. The third-order valence-corrected chi connectivity index (χ3v) is 4.37. The van der Waals surface area contributed by atoms with Crippen LogP contribution in [0.4, 0.5) is 4.39 Å². The maximum atomic E-state index is 13.4. The number of rotatable bonds is 1. The van der Waals surface area contributed by atoms with Crippen LogP contribution in [0.3, 0.4) is 0 Å². The molecule has 18 heavy (non-hydrogen) atoms. The van der Waals surface area contributed by atoms with E-state index >= 15 is 0 Å². The highest BCUT2D eigenvalue weighted by Crippen LogP contribution is 2.38. The van der Waals surface area contributed by atoms with Crippen LogP contribution in [0.25, 0.3) is 0 Å². The van der Waals surface area contributed by atoms with Crippen LogP contribution in [0.1, 0.15) is 17.2 Å². The first kappa shape index (κ1) is 12.4. The fourth-order valence-electron chi connectivity index (χ4n) is 3.08. The Bertz CT molecular complexity index is 460. The first-order valence-electron chi connectivity index (χ1n) is 6.17. The predicted octanol–water partition coefficient (Wildman–Crippen LogP) is 1.28. The second kappa shape index (κ2) is 4.46. The topological polar surface area (TPSA) is 49.5 Å². The molecule has 1 aliphatic carbocycles. The van der Waals surface area contributed by atoms with Gasteiger partial charge in [0.2, 0.25) is 0 Å². The number of aliphatic hydroxyl groups is 1. The van der Waals surface area contributed by atoms with Crippen LogP contribution in [0.15, 0.2) is 18.2 Å². The van der Waals surface area contributed by atoms with Crippen LogP contribution in [0.5, 0.6) is 0 Å². The normalized spacial score (nSPS) is 36.0. The number of hydrogen-bond acceptors (Lipinski definition) is 3. The lowest BCUT2D eigenvalue weighted by Crippen LogP contribution is -2.40. The second-order valence-corrected chi connectivity index (χ2v) is 5.55. The summed E-state index contributed by atoms with van der Waals surface area (Å²) >= 11 is 6.17. The Morgan fingerprint density at radius 2 is 2.17 bits per heavy atom. The van der Waals surface area contributed by atoms with E-state index in [0.717, 1.165) is 17.5 Å². The molecule has 3 rings (SSSR count). The van der Waals surface area contributed by atoms with Crippen molar-refractivity contribution in [2.75, 3.05) is 13.1 Å². The van der Waals surface area contributed by atoms with Gasteiger partial charge in [0, 0.05) is 30.2 Å². The van der Waals surface area contributed by atoms with Crippen LogP contribution in [0, 0.1) is 0 Å². The molecule has 2 aliphatic rings. The number of hydrogen-bond donors (Lipinski definition) is 2. The number of likely N-dealkylation sites (tertiary alicyclic amines) is 1. The SMILES string of the molecule is N[C@@H]1c2c(Cl)cccc2C[C@H]1N1CC(O)[C@H](F)C1. The summed E-state index contributed by atoms with van der Waals surface area (Å²) in [4.78, 5) is 1.94. The Kier molecular flexibility index (Phi) is 3.06. The van der Waals surface area contributed by atoms with E-state index < -0.39 is 12.3 Å². The van der Waals surface area contributed by atoms with Gasteiger partial charge in [0.05, 0.1) is 6.10 Å². The first-order valence-corrected chi connectivity index (χ1v) is 6.55. The summed E-state index contributed by atoms with van der Waals surface area (Å²) < 4.78 is 13.4. The minimum absolute atomic E-state index is 0.0373. The monoisotopic (exact) mass is 270 g/mol. The molecule has 1 aromatic rings. The molecule has 0 aromatic heterocycles. The molecule has 5 heteroatoms. The van der Waals surface area contributed by atoms with Gasteiger partial charge in [0.1, 0.15) is 6.17 Å². The summed E-state index contributed by atoms with van der Waals surface area (Å²) in [6.45, 7) is 0.607. The third-order valence-electron chi connectivity index (χ3n) is 4.04. The van der Waals surface area contributed by atoms with Gasteiger partial charge in [-0.05, 0) is 23.6 Å². The molecule has 3 nitrogen and oxygen atoms in total. The second-order valence-electron chi connectivity index (χ2n) is 5.15. The fourth-order valence-corrected chi connectivity index (χ4v) is 3.40.